The molecule has 5 nitrogen and oxygen atoms in total. The summed E-state index contributed by atoms with van der Waals surface area (Å²) in [5.41, 5.74) is 3.22. The molecule has 3 aromatic rings. The highest BCUT2D eigenvalue weighted by Gasteiger charge is 2.51. The minimum Gasteiger partial charge on any atom is -0.508 e. The van der Waals surface area contributed by atoms with E-state index >= 15 is 0 Å². The average Bonchev–Trinajstić information content (AvgIpc) is 3.37. The first-order valence-electron chi connectivity index (χ1n) is 9.63. The largest absolute Gasteiger partial charge is 0.508 e. The molecule has 1 N–H and O–H groups in total. The van der Waals surface area contributed by atoms with Gasteiger partial charge >= 0.3 is 5.97 Å². The summed E-state index contributed by atoms with van der Waals surface area (Å²) in [5.74, 6) is 0.801. The molecule has 5 heteroatoms. The zero-order valence-corrected chi connectivity index (χ0v) is 15.9. The number of carbonyl (C=O) groups excluding carboxylic acids is 1. The van der Waals surface area contributed by atoms with Crippen LogP contribution in [0.2, 0.25) is 0 Å². The third-order valence-corrected chi connectivity index (χ3v) is 5.19. The summed E-state index contributed by atoms with van der Waals surface area (Å²) in [6.07, 6.45) is 3.00. The molecule has 1 aliphatic rings. The van der Waals surface area contributed by atoms with Crippen molar-refractivity contribution in [3.05, 3.63) is 60.4 Å². The number of carbonyl (C=O) groups is 1. The van der Waals surface area contributed by atoms with E-state index < -0.39 is 0 Å². The second-order valence-corrected chi connectivity index (χ2v) is 7.34. The summed E-state index contributed by atoms with van der Waals surface area (Å²) in [6, 6.07) is 16.9. The number of benzene rings is 2. The zero-order valence-electron chi connectivity index (χ0n) is 15.9. The Labute approximate surface area is 163 Å². The van der Waals surface area contributed by atoms with Crippen LogP contribution in [0, 0.1) is 0 Å². The first-order chi connectivity index (χ1) is 13.6. The minimum absolute atomic E-state index is 0.173. The third-order valence-electron chi connectivity index (χ3n) is 5.19. The monoisotopic (exact) mass is 377 g/mol. The number of phenols is 1. The molecule has 0 spiro atoms. The molecule has 0 atom stereocenters. The Balaban J connectivity index is 1.74. The van der Waals surface area contributed by atoms with Gasteiger partial charge in [-0.1, -0.05) is 42.4 Å². The number of aromatic nitrogens is 1. The molecule has 0 bridgehead atoms. The molecule has 4 rings (SSSR count). The summed E-state index contributed by atoms with van der Waals surface area (Å²) >= 11 is 0. The Bertz CT molecular complexity index is 956. The van der Waals surface area contributed by atoms with Crippen LogP contribution in [0.3, 0.4) is 0 Å². The van der Waals surface area contributed by atoms with Gasteiger partial charge in [0.2, 0.25) is 0 Å². The van der Waals surface area contributed by atoms with Crippen LogP contribution in [0.1, 0.15) is 38.4 Å². The van der Waals surface area contributed by atoms with Gasteiger partial charge in [-0.2, -0.15) is 0 Å². The van der Waals surface area contributed by atoms with Gasteiger partial charge in [0.25, 0.3) is 0 Å². The minimum atomic E-state index is -0.309. The first kappa shape index (κ1) is 18.3. The van der Waals surface area contributed by atoms with Crippen LogP contribution in [0.4, 0.5) is 0 Å². The predicted molar refractivity (Wildman–Crippen MR) is 106 cm³/mol. The van der Waals surface area contributed by atoms with E-state index in [1.54, 1.807) is 12.1 Å². The predicted octanol–water partition coefficient (Wildman–Crippen LogP) is 5.09. The Kier molecular flexibility index (Phi) is 4.90. The third kappa shape index (κ3) is 3.52. The van der Waals surface area contributed by atoms with Gasteiger partial charge in [-0.15, -0.1) is 0 Å². The molecule has 2 aromatic carbocycles. The van der Waals surface area contributed by atoms with E-state index in [1.165, 1.54) is 0 Å². The molecule has 0 aliphatic heterocycles. The first-order valence-corrected chi connectivity index (χ1v) is 9.63. The number of rotatable bonds is 7. The van der Waals surface area contributed by atoms with Gasteiger partial charge in [0.15, 0.2) is 5.76 Å². The van der Waals surface area contributed by atoms with Crippen molar-refractivity contribution in [3.8, 4) is 28.1 Å². The highest BCUT2D eigenvalue weighted by molar-refractivity contribution is 5.83. The van der Waals surface area contributed by atoms with Crippen LogP contribution in [-0.4, -0.2) is 22.8 Å². The average molecular weight is 377 g/mol. The van der Waals surface area contributed by atoms with E-state index in [1.807, 2.05) is 49.4 Å². The molecule has 1 saturated carbocycles. The van der Waals surface area contributed by atoms with E-state index in [4.69, 9.17) is 9.26 Å². The molecule has 28 heavy (non-hydrogen) atoms. The SMILES string of the molecule is CCCC(=O)OCC1(c2onc(-c3ccc(O)cc3)c2-c2ccccc2)CC1. The van der Waals surface area contributed by atoms with Crippen LogP contribution in [0.15, 0.2) is 59.1 Å². The molecular weight excluding hydrogens is 354 g/mol. The molecule has 1 heterocycles. The van der Waals surface area contributed by atoms with Crippen LogP contribution < -0.4 is 0 Å². The number of hydrogen-bond donors (Lipinski definition) is 1. The number of aromatic hydroxyl groups is 1. The summed E-state index contributed by atoms with van der Waals surface area (Å²) in [7, 11) is 0. The van der Waals surface area contributed by atoms with Crippen LogP contribution in [0.25, 0.3) is 22.4 Å². The maximum absolute atomic E-state index is 11.9. The summed E-state index contributed by atoms with van der Waals surface area (Å²) in [4.78, 5) is 11.9. The van der Waals surface area contributed by atoms with E-state index in [2.05, 4.69) is 5.16 Å². The molecule has 0 radical (unpaired) electrons. The van der Waals surface area contributed by atoms with E-state index in [-0.39, 0.29) is 17.1 Å². The lowest BCUT2D eigenvalue weighted by atomic mass is 9.92. The number of phenolic OH excluding ortho intramolecular Hbond substituents is 1. The number of esters is 1. The van der Waals surface area contributed by atoms with Crippen molar-refractivity contribution >= 4 is 5.97 Å². The van der Waals surface area contributed by atoms with Gasteiger partial charge in [0.05, 0.1) is 11.0 Å². The molecular formula is C23H23NO4. The van der Waals surface area contributed by atoms with Gasteiger partial charge < -0.3 is 14.4 Å². The lowest BCUT2D eigenvalue weighted by Crippen LogP contribution is -2.18. The topological polar surface area (TPSA) is 72.6 Å². The van der Waals surface area contributed by atoms with E-state index in [0.717, 1.165) is 47.4 Å². The highest BCUT2D eigenvalue weighted by atomic mass is 16.5. The van der Waals surface area contributed by atoms with Gasteiger partial charge in [-0.05, 0) is 49.1 Å². The fraction of sp³-hybridized carbons (Fsp3) is 0.304. The summed E-state index contributed by atoms with van der Waals surface area (Å²) in [5, 5.41) is 14.0. The number of hydrogen-bond acceptors (Lipinski definition) is 5. The smallest absolute Gasteiger partial charge is 0.305 e. The highest BCUT2D eigenvalue weighted by Crippen LogP contribution is 2.53. The maximum Gasteiger partial charge on any atom is 0.305 e. The second-order valence-electron chi connectivity index (χ2n) is 7.34. The summed E-state index contributed by atoms with van der Waals surface area (Å²) < 4.78 is 11.4. The maximum atomic E-state index is 11.9. The van der Waals surface area contributed by atoms with Crippen molar-refractivity contribution in [1.82, 2.24) is 5.16 Å². The molecule has 1 fully saturated rings. The van der Waals surface area contributed by atoms with Crippen LogP contribution >= 0.6 is 0 Å². The fourth-order valence-corrected chi connectivity index (χ4v) is 3.42. The van der Waals surface area contributed by atoms with Crippen molar-refractivity contribution in [2.75, 3.05) is 6.61 Å². The van der Waals surface area contributed by atoms with Crippen molar-refractivity contribution in [2.45, 2.75) is 38.0 Å². The molecule has 0 amide bonds. The normalized spacial score (nSPS) is 14.6. The number of ether oxygens (including phenoxy) is 1. The van der Waals surface area contributed by atoms with Crippen molar-refractivity contribution in [1.29, 1.82) is 0 Å². The van der Waals surface area contributed by atoms with Gasteiger partial charge in [-0.3, -0.25) is 4.79 Å². The molecule has 0 saturated heterocycles. The molecule has 0 unspecified atom stereocenters. The van der Waals surface area contributed by atoms with E-state index in [0.29, 0.717) is 13.0 Å². The molecule has 144 valence electrons. The standard InChI is InChI=1S/C23H23NO4/c1-2-6-19(26)27-15-23(13-14-23)22-20(16-7-4-3-5-8-16)21(24-28-22)17-9-11-18(25)12-10-17/h3-5,7-12,25H,2,6,13-15H2,1H3. The van der Waals surface area contributed by atoms with Crippen LogP contribution in [-0.2, 0) is 14.9 Å². The lowest BCUT2D eigenvalue weighted by Gasteiger charge is -2.15. The Morgan fingerprint density at radius 2 is 1.82 bits per heavy atom. The second kappa shape index (κ2) is 7.50. The van der Waals surface area contributed by atoms with Crippen molar-refractivity contribution < 1.29 is 19.2 Å². The van der Waals surface area contributed by atoms with Crippen molar-refractivity contribution in [2.24, 2.45) is 0 Å². The van der Waals surface area contributed by atoms with E-state index in [9.17, 15) is 9.90 Å². The van der Waals surface area contributed by atoms with Crippen molar-refractivity contribution in [3.63, 3.8) is 0 Å². The lowest BCUT2D eigenvalue weighted by molar-refractivity contribution is -0.144. The Morgan fingerprint density at radius 3 is 2.46 bits per heavy atom. The zero-order chi connectivity index (χ0) is 19.6. The Hall–Kier alpha value is -3.08. The fourth-order valence-electron chi connectivity index (χ4n) is 3.42. The number of nitrogens with zero attached hydrogens (tertiary/aromatic N) is 1. The molecule has 1 aromatic heterocycles. The summed E-state index contributed by atoms with van der Waals surface area (Å²) in [6.45, 7) is 2.28. The van der Waals surface area contributed by atoms with Gasteiger partial charge in [-0.25, -0.2) is 0 Å². The Morgan fingerprint density at radius 1 is 1.11 bits per heavy atom. The van der Waals surface area contributed by atoms with Gasteiger partial charge in [0, 0.05) is 12.0 Å². The quantitative estimate of drug-likeness (QED) is 0.581. The molecule has 1 aliphatic carbocycles. The van der Waals surface area contributed by atoms with Crippen LogP contribution in [0.5, 0.6) is 5.75 Å². The van der Waals surface area contributed by atoms with Gasteiger partial charge in [0.1, 0.15) is 18.1 Å².